The van der Waals surface area contributed by atoms with Crippen LogP contribution in [0.1, 0.15) is 10.4 Å². The third-order valence-corrected chi connectivity index (χ3v) is 4.37. The molecule has 0 aliphatic rings. The van der Waals surface area contributed by atoms with Crippen LogP contribution in [0, 0.1) is 0 Å². The molecule has 138 valence electrons. The van der Waals surface area contributed by atoms with Crippen molar-refractivity contribution < 1.29 is 9.53 Å². The summed E-state index contributed by atoms with van der Waals surface area (Å²) < 4.78 is 4.68. The number of esters is 1. The van der Waals surface area contributed by atoms with E-state index < -0.39 is 5.97 Å². The second-order valence-corrected chi connectivity index (χ2v) is 6.25. The van der Waals surface area contributed by atoms with Gasteiger partial charge < -0.3 is 21.1 Å². The molecule has 9 heteroatoms. The highest BCUT2D eigenvalue weighted by Crippen LogP contribution is 2.31. The Morgan fingerprint density at radius 2 is 1.56 bits per heavy atom. The average molecular weight is 404 g/mol. The molecule has 0 bridgehead atoms. The van der Waals surface area contributed by atoms with Crippen LogP contribution in [-0.4, -0.2) is 23.0 Å². The Bertz CT molecular complexity index is 980. The van der Waals surface area contributed by atoms with Gasteiger partial charge in [-0.1, -0.05) is 23.2 Å². The monoisotopic (exact) mass is 403 g/mol. The van der Waals surface area contributed by atoms with Gasteiger partial charge in [-0.05, 0) is 42.5 Å². The van der Waals surface area contributed by atoms with Gasteiger partial charge in [-0.2, -0.15) is 0 Å². The van der Waals surface area contributed by atoms with Gasteiger partial charge in [0.15, 0.2) is 11.6 Å². The van der Waals surface area contributed by atoms with Crippen LogP contribution >= 0.6 is 23.2 Å². The topological polar surface area (TPSA) is 102 Å². The van der Waals surface area contributed by atoms with Gasteiger partial charge in [0.1, 0.15) is 12.0 Å². The Kier molecular flexibility index (Phi) is 5.63. The lowest BCUT2D eigenvalue weighted by atomic mass is 10.2. The van der Waals surface area contributed by atoms with Gasteiger partial charge in [-0.25, -0.2) is 14.8 Å². The number of nitrogens with two attached hydrogens (primary N) is 1. The molecule has 1 aromatic heterocycles. The molecule has 0 radical (unpaired) electrons. The molecule has 7 nitrogen and oxygen atoms in total. The number of aromatic nitrogens is 2. The van der Waals surface area contributed by atoms with E-state index in [-0.39, 0.29) is 0 Å². The normalized spacial score (nSPS) is 10.3. The first kappa shape index (κ1) is 18.8. The Labute approximate surface area is 165 Å². The molecular weight excluding hydrogens is 389 g/mol. The van der Waals surface area contributed by atoms with Crippen LogP contribution in [0.25, 0.3) is 0 Å². The summed E-state index contributed by atoms with van der Waals surface area (Å²) in [5, 5.41) is 7.03. The number of benzene rings is 2. The van der Waals surface area contributed by atoms with Crippen molar-refractivity contribution in [3.63, 3.8) is 0 Å². The van der Waals surface area contributed by atoms with Crippen LogP contribution in [-0.2, 0) is 4.74 Å². The standard InChI is InChI=1S/C18H15Cl2N5O2/c1-27-18(26)10-2-4-11(5-3-10)24-16-15(21)17(23-9-22-16)25-12-6-7-13(19)14(20)8-12/h2-9H,21H2,1H3,(H2,22,23,24,25). The average Bonchev–Trinajstić information content (AvgIpc) is 2.68. The van der Waals surface area contributed by atoms with Gasteiger partial charge in [0.25, 0.3) is 0 Å². The molecule has 0 atom stereocenters. The predicted molar refractivity (Wildman–Crippen MR) is 107 cm³/mol. The third kappa shape index (κ3) is 4.39. The molecular formula is C18H15Cl2N5O2. The number of rotatable bonds is 5. The quantitative estimate of drug-likeness (QED) is 0.533. The highest BCUT2D eigenvalue weighted by atomic mass is 35.5. The number of halogens is 2. The number of ether oxygens (including phenoxy) is 1. The fraction of sp³-hybridized carbons (Fsp3) is 0.0556. The maximum absolute atomic E-state index is 11.5. The number of anilines is 5. The summed E-state index contributed by atoms with van der Waals surface area (Å²) in [5.74, 6) is 0.423. The van der Waals surface area contributed by atoms with Crippen LogP contribution in [0.3, 0.4) is 0 Å². The van der Waals surface area contributed by atoms with Crippen LogP contribution < -0.4 is 16.4 Å². The summed E-state index contributed by atoms with van der Waals surface area (Å²) in [6.45, 7) is 0. The SMILES string of the molecule is COC(=O)c1ccc(Nc2ncnc(Nc3ccc(Cl)c(Cl)c3)c2N)cc1. The zero-order chi connectivity index (χ0) is 19.4. The lowest BCUT2D eigenvalue weighted by Gasteiger charge is -2.13. The van der Waals surface area contributed by atoms with E-state index in [1.807, 2.05) is 0 Å². The number of carbonyl (C=O) groups is 1. The molecule has 3 aromatic rings. The minimum Gasteiger partial charge on any atom is -0.465 e. The maximum atomic E-state index is 11.5. The molecule has 2 aromatic carbocycles. The summed E-state index contributed by atoms with van der Waals surface area (Å²) >= 11 is 11.9. The van der Waals surface area contributed by atoms with E-state index >= 15 is 0 Å². The smallest absolute Gasteiger partial charge is 0.337 e. The van der Waals surface area contributed by atoms with Crippen molar-refractivity contribution in [1.29, 1.82) is 0 Å². The highest BCUT2D eigenvalue weighted by Gasteiger charge is 2.10. The maximum Gasteiger partial charge on any atom is 0.337 e. The second-order valence-electron chi connectivity index (χ2n) is 5.43. The molecule has 0 saturated carbocycles. The van der Waals surface area contributed by atoms with E-state index in [2.05, 4.69) is 25.3 Å². The van der Waals surface area contributed by atoms with E-state index in [0.717, 1.165) is 0 Å². The van der Waals surface area contributed by atoms with Gasteiger partial charge in [-0.15, -0.1) is 0 Å². The van der Waals surface area contributed by atoms with Crippen molar-refractivity contribution >= 4 is 57.9 Å². The number of nitrogens with one attached hydrogen (secondary N) is 2. The first-order chi connectivity index (χ1) is 13.0. The molecule has 0 amide bonds. The molecule has 3 rings (SSSR count). The Balaban J connectivity index is 1.80. The Morgan fingerprint density at radius 1 is 0.963 bits per heavy atom. The van der Waals surface area contributed by atoms with E-state index in [9.17, 15) is 4.79 Å². The molecule has 4 N–H and O–H groups in total. The number of carbonyl (C=O) groups excluding carboxylic acids is 1. The van der Waals surface area contributed by atoms with Crippen molar-refractivity contribution in [1.82, 2.24) is 9.97 Å². The lowest BCUT2D eigenvalue weighted by Crippen LogP contribution is -2.05. The zero-order valence-electron chi connectivity index (χ0n) is 14.2. The minimum absolute atomic E-state index is 0.320. The Morgan fingerprint density at radius 3 is 2.15 bits per heavy atom. The number of nitrogens with zero attached hydrogens (tertiary/aromatic N) is 2. The van der Waals surface area contributed by atoms with Crippen LogP contribution in [0.2, 0.25) is 10.0 Å². The van der Waals surface area contributed by atoms with Gasteiger partial charge in [-0.3, -0.25) is 0 Å². The summed E-state index contributed by atoms with van der Waals surface area (Å²) in [4.78, 5) is 19.8. The molecule has 1 heterocycles. The summed E-state index contributed by atoms with van der Waals surface area (Å²) in [6.07, 6.45) is 1.38. The first-order valence-electron chi connectivity index (χ1n) is 7.76. The number of hydrogen-bond donors (Lipinski definition) is 3. The Hall–Kier alpha value is -3.03. The van der Waals surface area contributed by atoms with Gasteiger partial charge in [0.2, 0.25) is 0 Å². The lowest BCUT2D eigenvalue weighted by molar-refractivity contribution is 0.0601. The fourth-order valence-corrected chi connectivity index (χ4v) is 2.55. The second kappa shape index (κ2) is 8.11. The highest BCUT2D eigenvalue weighted by molar-refractivity contribution is 6.42. The molecule has 27 heavy (non-hydrogen) atoms. The summed E-state index contributed by atoms with van der Waals surface area (Å²) in [5.41, 5.74) is 8.31. The van der Waals surface area contributed by atoms with Crippen molar-refractivity contribution in [2.24, 2.45) is 0 Å². The van der Waals surface area contributed by atoms with Gasteiger partial charge in [0, 0.05) is 11.4 Å². The van der Waals surface area contributed by atoms with Crippen LogP contribution in [0.4, 0.5) is 28.7 Å². The molecule has 0 saturated heterocycles. The van der Waals surface area contributed by atoms with Gasteiger partial charge in [0.05, 0.1) is 22.7 Å². The van der Waals surface area contributed by atoms with Crippen molar-refractivity contribution in [3.8, 4) is 0 Å². The van der Waals surface area contributed by atoms with Crippen LogP contribution in [0.15, 0.2) is 48.8 Å². The largest absolute Gasteiger partial charge is 0.465 e. The molecule has 0 fully saturated rings. The molecule has 0 unspecified atom stereocenters. The zero-order valence-corrected chi connectivity index (χ0v) is 15.7. The first-order valence-corrected chi connectivity index (χ1v) is 8.51. The van der Waals surface area contributed by atoms with Crippen molar-refractivity contribution in [3.05, 3.63) is 64.4 Å². The molecule has 0 aliphatic heterocycles. The summed E-state index contributed by atoms with van der Waals surface area (Å²) in [6, 6.07) is 11.8. The van der Waals surface area contributed by atoms with Crippen molar-refractivity contribution in [2.45, 2.75) is 0 Å². The van der Waals surface area contributed by atoms with Crippen molar-refractivity contribution in [2.75, 3.05) is 23.5 Å². The van der Waals surface area contributed by atoms with E-state index in [4.69, 9.17) is 28.9 Å². The molecule has 0 spiro atoms. The number of nitrogen functional groups attached to an aromatic ring is 1. The summed E-state index contributed by atoms with van der Waals surface area (Å²) in [7, 11) is 1.33. The van der Waals surface area contributed by atoms with E-state index in [0.29, 0.717) is 44.3 Å². The molecule has 0 aliphatic carbocycles. The van der Waals surface area contributed by atoms with E-state index in [1.54, 1.807) is 42.5 Å². The third-order valence-electron chi connectivity index (χ3n) is 3.63. The number of hydrogen-bond acceptors (Lipinski definition) is 7. The van der Waals surface area contributed by atoms with E-state index in [1.165, 1.54) is 13.4 Å². The van der Waals surface area contributed by atoms with Gasteiger partial charge >= 0.3 is 5.97 Å². The minimum atomic E-state index is -0.406. The fourth-order valence-electron chi connectivity index (χ4n) is 2.25. The van der Waals surface area contributed by atoms with Crippen LogP contribution in [0.5, 0.6) is 0 Å². The number of methoxy groups -OCH3 is 1. The predicted octanol–water partition coefficient (Wildman–Crippen LogP) is 4.64.